The number of nitrogens with one attached hydrogen (secondary N) is 1. The molecule has 0 saturated carbocycles. The second kappa shape index (κ2) is 6.50. The zero-order valence-corrected chi connectivity index (χ0v) is 14.4. The van der Waals surface area contributed by atoms with Gasteiger partial charge in [-0.2, -0.15) is 0 Å². The maximum atomic E-state index is 12.4. The largest absolute Gasteiger partial charge is 0.496 e. The first kappa shape index (κ1) is 16.5. The van der Waals surface area contributed by atoms with E-state index in [-0.39, 0.29) is 10.7 Å². The second-order valence-electron chi connectivity index (χ2n) is 4.54. The molecule has 0 amide bonds. The van der Waals surface area contributed by atoms with Gasteiger partial charge in [0, 0.05) is 17.3 Å². The lowest BCUT2D eigenvalue weighted by atomic mass is 10.1. The van der Waals surface area contributed by atoms with E-state index < -0.39 is 10.0 Å². The van der Waals surface area contributed by atoms with Crippen LogP contribution in [0.3, 0.4) is 0 Å². The standard InChI is InChI=1S/C15H14BrNO4S/c1-10(18)11-3-5-12(6-4-11)17-22(19,20)13-7-8-14(16)15(9-13)21-2/h3-9,17H,1-2H3. The molecule has 0 radical (unpaired) electrons. The highest BCUT2D eigenvalue weighted by atomic mass is 79.9. The summed E-state index contributed by atoms with van der Waals surface area (Å²) in [7, 11) is -2.27. The molecule has 7 heteroatoms. The number of rotatable bonds is 5. The molecule has 2 aromatic rings. The Labute approximate surface area is 137 Å². The monoisotopic (exact) mass is 383 g/mol. The molecule has 0 unspecified atom stereocenters. The number of ether oxygens (including phenoxy) is 1. The van der Waals surface area contributed by atoms with E-state index >= 15 is 0 Å². The average molecular weight is 384 g/mol. The number of carbonyl (C=O) groups is 1. The third-order valence-corrected chi connectivity index (χ3v) is 5.01. The fourth-order valence-corrected chi connectivity index (χ4v) is 3.28. The molecular formula is C15H14BrNO4S. The van der Waals surface area contributed by atoms with Gasteiger partial charge in [-0.15, -0.1) is 0 Å². The minimum Gasteiger partial charge on any atom is -0.496 e. The number of hydrogen-bond donors (Lipinski definition) is 1. The molecule has 2 aromatic carbocycles. The molecule has 0 aliphatic heterocycles. The van der Waals surface area contributed by atoms with Crippen LogP contribution >= 0.6 is 15.9 Å². The van der Waals surface area contributed by atoms with Gasteiger partial charge in [-0.05, 0) is 59.3 Å². The van der Waals surface area contributed by atoms with Gasteiger partial charge in [-0.1, -0.05) is 0 Å². The number of benzene rings is 2. The average Bonchev–Trinajstić information content (AvgIpc) is 2.47. The van der Waals surface area contributed by atoms with Crippen molar-refractivity contribution in [1.82, 2.24) is 0 Å². The Hall–Kier alpha value is -1.86. The summed E-state index contributed by atoms with van der Waals surface area (Å²) in [6.07, 6.45) is 0. The van der Waals surface area contributed by atoms with Crippen LogP contribution in [-0.2, 0) is 10.0 Å². The summed E-state index contributed by atoms with van der Waals surface area (Å²) in [4.78, 5) is 11.3. The van der Waals surface area contributed by atoms with E-state index in [9.17, 15) is 13.2 Å². The Morgan fingerprint density at radius 3 is 2.32 bits per heavy atom. The predicted octanol–water partition coefficient (Wildman–Crippen LogP) is 3.46. The highest BCUT2D eigenvalue weighted by Gasteiger charge is 2.16. The number of methoxy groups -OCH3 is 1. The van der Waals surface area contributed by atoms with Gasteiger partial charge in [-0.25, -0.2) is 8.42 Å². The van der Waals surface area contributed by atoms with E-state index in [1.807, 2.05) is 0 Å². The zero-order chi connectivity index (χ0) is 16.3. The van der Waals surface area contributed by atoms with E-state index in [1.54, 1.807) is 30.3 Å². The van der Waals surface area contributed by atoms with Gasteiger partial charge in [0.1, 0.15) is 5.75 Å². The van der Waals surface area contributed by atoms with Crippen molar-refractivity contribution in [3.63, 3.8) is 0 Å². The van der Waals surface area contributed by atoms with Gasteiger partial charge < -0.3 is 4.74 Å². The van der Waals surface area contributed by atoms with E-state index in [1.165, 1.54) is 26.2 Å². The van der Waals surface area contributed by atoms with Crippen LogP contribution in [0.2, 0.25) is 0 Å². The van der Waals surface area contributed by atoms with Crippen LogP contribution in [0.4, 0.5) is 5.69 Å². The number of halogens is 1. The van der Waals surface area contributed by atoms with Crippen molar-refractivity contribution in [3.05, 3.63) is 52.5 Å². The first-order valence-electron chi connectivity index (χ1n) is 6.31. The van der Waals surface area contributed by atoms with Crippen molar-refractivity contribution in [1.29, 1.82) is 0 Å². The Kier molecular flexibility index (Phi) is 4.87. The van der Waals surface area contributed by atoms with Crippen molar-refractivity contribution in [2.45, 2.75) is 11.8 Å². The molecule has 0 aliphatic rings. The van der Waals surface area contributed by atoms with Crippen molar-refractivity contribution < 1.29 is 17.9 Å². The molecule has 0 bridgehead atoms. The first-order chi connectivity index (χ1) is 10.3. The number of Topliss-reactive ketones (excluding diaryl/α,β-unsaturated/α-hetero) is 1. The lowest BCUT2D eigenvalue weighted by molar-refractivity contribution is 0.101. The molecule has 0 spiro atoms. The molecule has 0 atom stereocenters. The summed E-state index contributed by atoms with van der Waals surface area (Å²) in [5.74, 6) is 0.349. The third-order valence-electron chi connectivity index (χ3n) is 2.98. The quantitative estimate of drug-likeness (QED) is 0.802. The van der Waals surface area contributed by atoms with Gasteiger partial charge in [0.05, 0.1) is 16.5 Å². The molecule has 0 heterocycles. The van der Waals surface area contributed by atoms with Gasteiger partial charge >= 0.3 is 0 Å². The number of anilines is 1. The lowest BCUT2D eigenvalue weighted by Gasteiger charge is -2.10. The van der Waals surface area contributed by atoms with Crippen LogP contribution in [0.1, 0.15) is 17.3 Å². The summed E-state index contributed by atoms with van der Waals surface area (Å²) >= 11 is 3.27. The predicted molar refractivity (Wildman–Crippen MR) is 87.9 cm³/mol. The lowest BCUT2D eigenvalue weighted by Crippen LogP contribution is -2.13. The van der Waals surface area contributed by atoms with Crippen LogP contribution < -0.4 is 9.46 Å². The molecule has 0 saturated heterocycles. The summed E-state index contributed by atoms with van der Waals surface area (Å²) < 4.78 is 32.9. The number of carbonyl (C=O) groups excluding carboxylic acids is 1. The summed E-state index contributed by atoms with van der Waals surface area (Å²) in [5.41, 5.74) is 0.903. The van der Waals surface area contributed by atoms with Gasteiger partial charge in [0.15, 0.2) is 5.78 Å². The van der Waals surface area contributed by atoms with Gasteiger partial charge in [-0.3, -0.25) is 9.52 Å². The molecule has 22 heavy (non-hydrogen) atoms. The molecule has 0 fully saturated rings. The van der Waals surface area contributed by atoms with Crippen molar-refractivity contribution in [2.24, 2.45) is 0 Å². The van der Waals surface area contributed by atoms with Crippen molar-refractivity contribution in [3.8, 4) is 5.75 Å². The molecule has 2 rings (SSSR count). The van der Waals surface area contributed by atoms with E-state index in [0.29, 0.717) is 21.5 Å². The van der Waals surface area contributed by atoms with Crippen LogP contribution in [0.25, 0.3) is 0 Å². The zero-order valence-electron chi connectivity index (χ0n) is 12.0. The van der Waals surface area contributed by atoms with Gasteiger partial charge in [0.25, 0.3) is 10.0 Å². The Morgan fingerprint density at radius 1 is 1.14 bits per heavy atom. The second-order valence-corrected chi connectivity index (χ2v) is 7.07. The third kappa shape index (κ3) is 3.66. The minimum absolute atomic E-state index is 0.0768. The van der Waals surface area contributed by atoms with Crippen LogP contribution in [-0.4, -0.2) is 21.3 Å². The molecule has 1 N–H and O–H groups in total. The van der Waals surface area contributed by atoms with Gasteiger partial charge in [0.2, 0.25) is 0 Å². The summed E-state index contributed by atoms with van der Waals surface area (Å²) in [5, 5.41) is 0. The van der Waals surface area contributed by atoms with E-state index in [4.69, 9.17) is 4.74 Å². The number of sulfonamides is 1. The molecular weight excluding hydrogens is 370 g/mol. The molecule has 0 aliphatic carbocycles. The van der Waals surface area contributed by atoms with Crippen molar-refractivity contribution >= 4 is 37.4 Å². The topological polar surface area (TPSA) is 72.5 Å². The molecule has 116 valence electrons. The normalized spacial score (nSPS) is 11.0. The SMILES string of the molecule is COc1cc(S(=O)(=O)Nc2ccc(C(C)=O)cc2)ccc1Br. The maximum Gasteiger partial charge on any atom is 0.262 e. The Morgan fingerprint density at radius 2 is 1.77 bits per heavy atom. The summed E-state index contributed by atoms with van der Waals surface area (Å²) in [6, 6.07) is 10.7. The Bertz CT molecular complexity index is 801. The smallest absolute Gasteiger partial charge is 0.262 e. The maximum absolute atomic E-state index is 12.4. The summed E-state index contributed by atoms with van der Waals surface area (Å²) in [6.45, 7) is 1.45. The molecule has 5 nitrogen and oxygen atoms in total. The number of ketones is 1. The first-order valence-corrected chi connectivity index (χ1v) is 8.58. The van der Waals surface area contributed by atoms with Crippen LogP contribution in [0.5, 0.6) is 5.75 Å². The highest BCUT2D eigenvalue weighted by molar-refractivity contribution is 9.10. The van der Waals surface area contributed by atoms with Crippen LogP contribution in [0.15, 0.2) is 51.8 Å². The molecule has 0 aromatic heterocycles. The van der Waals surface area contributed by atoms with E-state index in [0.717, 1.165) is 0 Å². The fourth-order valence-electron chi connectivity index (χ4n) is 1.79. The van der Waals surface area contributed by atoms with Crippen molar-refractivity contribution in [2.75, 3.05) is 11.8 Å². The highest BCUT2D eigenvalue weighted by Crippen LogP contribution is 2.28. The number of hydrogen-bond acceptors (Lipinski definition) is 4. The fraction of sp³-hybridized carbons (Fsp3) is 0.133. The minimum atomic E-state index is -3.73. The van der Waals surface area contributed by atoms with E-state index in [2.05, 4.69) is 20.7 Å². The van der Waals surface area contributed by atoms with Crippen LogP contribution in [0, 0.1) is 0 Å². The Balaban J connectivity index is 2.29.